The number of carbonyl (C=O) groups is 1. The number of nitriles is 1. The van der Waals surface area contributed by atoms with Crippen molar-refractivity contribution in [2.45, 2.75) is 19.0 Å². The number of alkyl halides is 3. The van der Waals surface area contributed by atoms with E-state index >= 15 is 0 Å². The van der Waals surface area contributed by atoms with Crippen LogP contribution in [0.15, 0.2) is 18.3 Å². The fourth-order valence-corrected chi connectivity index (χ4v) is 0.995. The maximum Gasteiger partial charge on any atom is 0.389 e. The fraction of sp³-hybridized carbons (Fsp3) is 0.300. The molecule has 0 aromatic carbocycles. The molecule has 0 aliphatic carbocycles. The Morgan fingerprint density at radius 3 is 2.65 bits per heavy atom. The maximum atomic E-state index is 11.8. The molecule has 0 saturated carbocycles. The molecule has 0 unspecified atom stereocenters. The average molecular weight is 243 g/mol. The molecule has 1 N–H and O–H groups in total. The van der Waals surface area contributed by atoms with Gasteiger partial charge in [0.05, 0.1) is 12.0 Å². The third-order valence-corrected chi connectivity index (χ3v) is 1.80. The number of nitrogens with one attached hydrogen (secondary N) is 1. The summed E-state index contributed by atoms with van der Waals surface area (Å²) in [4.78, 5) is 14.8. The maximum absolute atomic E-state index is 11.8. The van der Waals surface area contributed by atoms with Gasteiger partial charge in [0, 0.05) is 12.6 Å². The Morgan fingerprint density at radius 1 is 1.47 bits per heavy atom. The van der Waals surface area contributed by atoms with Gasteiger partial charge in [0.15, 0.2) is 0 Å². The number of rotatable bonds is 3. The van der Waals surface area contributed by atoms with Gasteiger partial charge in [0.1, 0.15) is 11.9 Å². The Bertz CT molecular complexity index is 434. The second kappa shape index (κ2) is 5.30. The van der Waals surface area contributed by atoms with E-state index in [-0.39, 0.29) is 5.82 Å². The molecule has 1 heterocycles. The summed E-state index contributed by atoms with van der Waals surface area (Å²) in [5, 5.41) is 10.7. The van der Waals surface area contributed by atoms with Crippen LogP contribution >= 0.6 is 0 Å². The van der Waals surface area contributed by atoms with E-state index in [1.165, 1.54) is 18.3 Å². The Morgan fingerprint density at radius 2 is 2.18 bits per heavy atom. The van der Waals surface area contributed by atoms with Crippen LogP contribution in [0.4, 0.5) is 19.0 Å². The van der Waals surface area contributed by atoms with Crippen LogP contribution in [0.1, 0.15) is 18.4 Å². The fourth-order valence-electron chi connectivity index (χ4n) is 0.995. The highest BCUT2D eigenvalue weighted by Crippen LogP contribution is 2.21. The molecule has 4 nitrogen and oxygen atoms in total. The second-order valence-corrected chi connectivity index (χ2v) is 3.21. The van der Waals surface area contributed by atoms with Crippen molar-refractivity contribution < 1.29 is 18.0 Å². The predicted octanol–water partition coefficient (Wildman–Crippen LogP) is 2.23. The first-order chi connectivity index (χ1) is 7.90. The van der Waals surface area contributed by atoms with Gasteiger partial charge in [-0.25, -0.2) is 4.98 Å². The number of carbonyl (C=O) groups excluding carboxylic acids is 1. The minimum Gasteiger partial charge on any atom is -0.311 e. The van der Waals surface area contributed by atoms with Crippen molar-refractivity contribution in [3.05, 3.63) is 23.9 Å². The van der Waals surface area contributed by atoms with Gasteiger partial charge in [0.2, 0.25) is 5.91 Å². The smallest absolute Gasteiger partial charge is 0.311 e. The lowest BCUT2D eigenvalue weighted by Crippen LogP contribution is -2.17. The summed E-state index contributed by atoms with van der Waals surface area (Å²) in [6.45, 7) is 0. The van der Waals surface area contributed by atoms with Crippen molar-refractivity contribution in [2.75, 3.05) is 5.32 Å². The summed E-state index contributed by atoms with van der Waals surface area (Å²) in [7, 11) is 0. The van der Waals surface area contributed by atoms with Gasteiger partial charge in [-0.3, -0.25) is 4.79 Å². The molecule has 0 spiro atoms. The van der Waals surface area contributed by atoms with Gasteiger partial charge in [-0.2, -0.15) is 18.4 Å². The Labute approximate surface area is 95.1 Å². The Kier molecular flexibility index (Phi) is 4.04. The van der Waals surface area contributed by atoms with E-state index < -0.39 is 24.9 Å². The molecule has 7 heteroatoms. The first-order valence-electron chi connectivity index (χ1n) is 4.63. The molecule has 90 valence electrons. The number of aromatic nitrogens is 1. The average Bonchev–Trinajstić information content (AvgIpc) is 2.27. The number of pyridine rings is 1. The standard InChI is InChI=1S/C10H8F3N3O/c11-10(12,13)4-3-9(17)16-8-2-1-7(5-14)6-15-8/h1-2,6H,3-4H2,(H,15,16,17). The normalized spacial score (nSPS) is 10.7. The third-order valence-electron chi connectivity index (χ3n) is 1.80. The van der Waals surface area contributed by atoms with Crippen LogP contribution in [0.5, 0.6) is 0 Å². The van der Waals surface area contributed by atoms with Crippen molar-refractivity contribution in [1.29, 1.82) is 5.26 Å². The number of anilines is 1. The largest absolute Gasteiger partial charge is 0.389 e. The minimum atomic E-state index is -4.35. The van der Waals surface area contributed by atoms with Crippen LogP contribution in [-0.2, 0) is 4.79 Å². The summed E-state index contributed by atoms with van der Waals surface area (Å²) in [5.74, 6) is -0.643. The molecular formula is C10H8F3N3O. The van der Waals surface area contributed by atoms with Crippen molar-refractivity contribution >= 4 is 11.7 Å². The van der Waals surface area contributed by atoms with Gasteiger partial charge in [-0.1, -0.05) is 0 Å². The summed E-state index contributed by atoms with van der Waals surface area (Å²) in [6.07, 6.45) is -4.95. The van der Waals surface area contributed by atoms with E-state index in [2.05, 4.69) is 10.3 Å². The highest BCUT2D eigenvalue weighted by Gasteiger charge is 2.27. The van der Waals surface area contributed by atoms with Crippen LogP contribution in [-0.4, -0.2) is 17.1 Å². The van der Waals surface area contributed by atoms with Crippen molar-refractivity contribution in [3.8, 4) is 6.07 Å². The quantitative estimate of drug-likeness (QED) is 0.885. The Balaban J connectivity index is 2.48. The summed E-state index contributed by atoms with van der Waals surface area (Å²) in [5.41, 5.74) is 0.304. The predicted molar refractivity (Wildman–Crippen MR) is 52.9 cm³/mol. The molecule has 0 saturated heterocycles. The third kappa shape index (κ3) is 4.97. The number of amides is 1. The lowest BCUT2D eigenvalue weighted by Gasteiger charge is -2.06. The van der Waals surface area contributed by atoms with Gasteiger partial charge in [-0.05, 0) is 12.1 Å². The highest BCUT2D eigenvalue weighted by molar-refractivity contribution is 5.89. The van der Waals surface area contributed by atoms with Crippen LogP contribution in [0.2, 0.25) is 0 Å². The molecule has 17 heavy (non-hydrogen) atoms. The molecule has 0 atom stereocenters. The first kappa shape index (κ1) is 13.0. The van der Waals surface area contributed by atoms with E-state index in [9.17, 15) is 18.0 Å². The molecule has 0 aliphatic heterocycles. The molecular weight excluding hydrogens is 235 g/mol. The molecule has 0 aliphatic rings. The van der Waals surface area contributed by atoms with E-state index in [1.54, 1.807) is 0 Å². The topological polar surface area (TPSA) is 65.8 Å². The minimum absolute atomic E-state index is 0.121. The first-order valence-corrected chi connectivity index (χ1v) is 4.63. The summed E-state index contributed by atoms with van der Waals surface area (Å²) >= 11 is 0. The zero-order valence-electron chi connectivity index (χ0n) is 8.58. The summed E-state index contributed by atoms with van der Waals surface area (Å²) < 4.78 is 35.5. The van der Waals surface area contributed by atoms with Crippen molar-refractivity contribution in [2.24, 2.45) is 0 Å². The lowest BCUT2D eigenvalue weighted by atomic mass is 10.3. The van der Waals surface area contributed by atoms with Crippen LogP contribution in [0.25, 0.3) is 0 Å². The SMILES string of the molecule is N#Cc1ccc(NC(=O)CCC(F)(F)F)nc1. The van der Waals surface area contributed by atoms with Crippen LogP contribution in [0.3, 0.4) is 0 Å². The van der Waals surface area contributed by atoms with Gasteiger partial charge in [-0.15, -0.1) is 0 Å². The zero-order chi connectivity index (χ0) is 12.9. The lowest BCUT2D eigenvalue weighted by molar-refractivity contribution is -0.142. The monoisotopic (exact) mass is 243 g/mol. The molecule has 0 bridgehead atoms. The van der Waals surface area contributed by atoms with Crippen molar-refractivity contribution in [3.63, 3.8) is 0 Å². The molecule has 1 aromatic rings. The molecule has 1 aromatic heterocycles. The molecule has 1 rings (SSSR count). The number of hydrogen-bond donors (Lipinski definition) is 1. The number of hydrogen-bond acceptors (Lipinski definition) is 3. The second-order valence-electron chi connectivity index (χ2n) is 3.21. The molecule has 1 amide bonds. The van der Waals surface area contributed by atoms with E-state index in [4.69, 9.17) is 5.26 Å². The van der Waals surface area contributed by atoms with Crippen LogP contribution in [0, 0.1) is 11.3 Å². The zero-order valence-corrected chi connectivity index (χ0v) is 8.58. The van der Waals surface area contributed by atoms with Crippen molar-refractivity contribution in [1.82, 2.24) is 4.98 Å². The van der Waals surface area contributed by atoms with Gasteiger partial charge in [0.25, 0.3) is 0 Å². The summed E-state index contributed by atoms with van der Waals surface area (Å²) in [6, 6.07) is 4.59. The molecule has 0 radical (unpaired) electrons. The van der Waals surface area contributed by atoms with E-state index in [1.807, 2.05) is 6.07 Å². The Hall–Kier alpha value is -2.10. The van der Waals surface area contributed by atoms with E-state index in [0.717, 1.165) is 0 Å². The molecule has 0 fully saturated rings. The van der Waals surface area contributed by atoms with Crippen LogP contribution < -0.4 is 5.32 Å². The highest BCUT2D eigenvalue weighted by atomic mass is 19.4. The van der Waals surface area contributed by atoms with E-state index in [0.29, 0.717) is 5.56 Å². The van der Waals surface area contributed by atoms with Gasteiger partial charge >= 0.3 is 6.18 Å². The van der Waals surface area contributed by atoms with Gasteiger partial charge < -0.3 is 5.32 Å². The number of nitrogens with zero attached hydrogens (tertiary/aromatic N) is 2. The number of halogens is 3.